The van der Waals surface area contributed by atoms with Crippen molar-refractivity contribution in [1.29, 1.82) is 0 Å². The molecular formula is C24H27F3N2O2S. The largest absolute Gasteiger partial charge is 0.573 e. The SMILES string of the molecule is CC1(C)C[C@@H]2C[C@@](C)(CN2C(=O)c2cccc(CSc3cccc(OC(F)(F)F)c3)n2)C1. The molecule has 1 aromatic carbocycles. The van der Waals surface area contributed by atoms with Gasteiger partial charge >= 0.3 is 6.36 Å². The lowest BCUT2D eigenvalue weighted by molar-refractivity contribution is -0.274. The lowest BCUT2D eigenvalue weighted by atomic mass is 9.65. The first-order valence-electron chi connectivity index (χ1n) is 10.7. The van der Waals surface area contributed by atoms with Crippen molar-refractivity contribution in [3.05, 3.63) is 53.9 Å². The van der Waals surface area contributed by atoms with Crippen LogP contribution in [0.15, 0.2) is 47.4 Å². The van der Waals surface area contributed by atoms with Gasteiger partial charge in [-0.1, -0.05) is 32.9 Å². The number of benzene rings is 1. The normalized spacial score (nSPS) is 24.4. The molecule has 2 aromatic rings. The summed E-state index contributed by atoms with van der Waals surface area (Å²) in [4.78, 5) is 20.5. The molecule has 172 valence electrons. The summed E-state index contributed by atoms with van der Waals surface area (Å²) in [6.07, 6.45) is -1.57. The monoisotopic (exact) mass is 464 g/mol. The highest BCUT2D eigenvalue weighted by Gasteiger charge is 2.51. The van der Waals surface area contributed by atoms with Crippen LogP contribution in [0.3, 0.4) is 0 Å². The van der Waals surface area contributed by atoms with E-state index in [0.29, 0.717) is 22.0 Å². The molecule has 0 spiro atoms. The van der Waals surface area contributed by atoms with Crippen LogP contribution in [0.2, 0.25) is 0 Å². The third-order valence-electron chi connectivity index (χ3n) is 6.13. The first-order valence-corrected chi connectivity index (χ1v) is 11.7. The highest BCUT2D eigenvalue weighted by atomic mass is 32.2. The molecule has 1 aliphatic carbocycles. The topological polar surface area (TPSA) is 42.4 Å². The molecule has 2 aliphatic rings. The number of carbonyl (C=O) groups excluding carboxylic acids is 1. The number of likely N-dealkylation sites (tertiary alicyclic amines) is 1. The highest BCUT2D eigenvalue weighted by molar-refractivity contribution is 7.98. The summed E-state index contributed by atoms with van der Waals surface area (Å²) in [5.41, 5.74) is 1.50. The number of thioether (sulfide) groups is 1. The van der Waals surface area contributed by atoms with Crippen molar-refractivity contribution in [2.75, 3.05) is 6.54 Å². The van der Waals surface area contributed by atoms with Gasteiger partial charge in [-0.3, -0.25) is 4.79 Å². The average Bonchev–Trinajstić information content (AvgIpc) is 2.93. The van der Waals surface area contributed by atoms with Crippen molar-refractivity contribution in [3.8, 4) is 5.75 Å². The van der Waals surface area contributed by atoms with Crippen LogP contribution in [0.5, 0.6) is 5.75 Å². The van der Waals surface area contributed by atoms with Crippen LogP contribution in [0.25, 0.3) is 0 Å². The summed E-state index contributed by atoms with van der Waals surface area (Å²) < 4.78 is 41.3. The molecule has 1 saturated heterocycles. The summed E-state index contributed by atoms with van der Waals surface area (Å²) in [6, 6.07) is 11.5. The van der Waals surface area contributed by atoms with Crippen molar-refractivity contribution in [2.45, 2.75) is 63.1 Å². The Balaban J connectivity index is 1.43. The molecular weight excluding hydrogens is 437 g/mol. The van der Waals surface area contributed by atoms with E-state index in [2.05, 4.69) is 30.5 Å². The Kier molecular flexibility index (Phi) is 5.94. The van der Waals surface area contributed by atoms with Crippen LogP contribution in [0.1, 0.15) is 56.2 Å². The predicted molar refractivity (Wildman–Crippen MR) is 117 cm³/mol. The van der Waals surface area contributed by atoms with Crippen LogP contribution < -0.4 is 4.74 Å². The Labute approximate surface area is 190 Å². The van der Waals surface area contributed by atoms with E-state index in [1.807, 2.05) is 17.0 Å². The minimum absolute atomic E-state index is 0.0381. The van der Waals surface area contributed by atoms with Gasteiger partial charge in [0.15, 0.2) is 0 Å². The fourth-order valence-corrected chi connectivity index (χ4v) is 6.29. The Bertz CT molecular complexity index is 1010. The van der Waals surface area contributed by atoms with E-state index in [4.69, 9.17) is 0 Å². The van der Waals surface area contributed by atoms with Gasteiger partial charge in [-0.25, -0.2) is 4.98 Å². The van der Waals surface area contributed by atoms with Crippen LogP contribution in [-0.2, 0) is 5.75 Å². The highest BCUT2D eigenvalue weighted by Crippen LogP contribution is 2.52. The van der Waals surface area contributed by atoms with Gasteiger partial charge in [0.2, 0.25) is 0 Å². The zero-order chi connectivity index (χ0) is 23.1. The number of pyridine rings is 1. The smallest absolute Gasteiger partial charge is 0.406 e. The molecule has 8 heteroatoms. The van der Waals surface area contributed by atoms with E-state index < -0.39 is 6.36 Å². The Morgan fingerprint density at radius 1 is 1.19 bits per heavy atom. The molecule has 1 aromatic heterocycles. The molecule has 2 fully saturated rings. The van der Waals surface area contributed by atoms with Gasteiger partial charge in [0.05, 0.1) is 5.69 Å². The van der Waals surface area contributed by atoms with E-state index in [0.717, 1.165) is 25.8 Å². The molecule has 2 atom stereocenters. The number of fused-ring (bicyclic) bond motifs is 2. The van der Waals surface area contributed by atoms with Crippen molar-refractivity contribution < 1.29 is 22.7 Å². The van der Waals surface area contributed by atoms with Gasteiger partial charge < -0.3 is 9.64 Å². The van der Waals surface area contributed by atoms with Gasteiger partial charge in [0.25, 0.3) is 5.91 Å². The first-order chi connectivity index (χ1) is 14.9. The first kappa shape index (κ1) is 23.0. The molecule has 32 heavy (non-hydrogen) atoms. The van der Waals surface area contributed by atoms with Gasteiger partial charge in [-0.15, -0.1) is 24.9 Å². The second-order valence-electron chi connectivity index (χ2n) is 9.97. The number of rotatable bonds is 5. The third-order valence-corrected chi connectivity index (χ3v) is 7.15. The molecule has 2 bridgehead atoms. The molecule has 4 rings (SSSR count). The van der Waals surface area contributed by atoms with Crippen molar-refractivity contribution in [2.24, 2.45) is 10.8 Å². The minimum atomic E-state index is -4.72. The van der Waals surface area contributed by atoms with Crippen molar-refractivity contribution in [1.82, 2.24) is 9.88 Å². The van der Waals surface area contributed by atoms with Gasteiger partial charge in [0.1, 0.15) is 11.4 Å². The lowest BCUT2D eigenvalue weighted by Crippen LogP contribution is -2.38. The second-order valence-corrected chi connectivity index (χ2v) is 11.0. The van der Waals surface area contributed by atoms with E-state index in [1.165, 1.54) is 30.0 Å². The van der Waals surface area contributed by atoms with E-state index in [1.54, 1.807) is 12.1 Å². The van der Waals surface area contributed by atoms with Crippen molar-refractivity contribution >= 4 is 17.7 Å². The number of nitrogens with zero attached hydrogens (tertiary/aromatic N) is 2. The summed E-state index contributed by atoms with van der Waals surface area (Å²) >= 11 is 1.35. The predicted octanol–water partition coefficient (Wildman–Crippen LogP) is 6.31. The number of alkyl halides is 3. The maximum absolute atomic E-state index is 13.3. The summed E-state index contributed by atoms with van der Waals surface area (Å²) in [6.45, 7) is 7.57. The van der Waals surface area contributed by atoms with Gasteiger partial charge in [-0.2, -0.15) is 0 Å². The summed E-state index contributed by atoms with van der Waals surface area (Å²) in [5.74, 6) is 0.143. The van der Waals surface area contributed by atoms with Crippen LogP contribution in [-0.4, -0.2) is 34.7 Å². The molecule has 2 heterocycles. The minimum Gasteiger partial charge on any atom is -0.406 e. The molecule has 0 radical (unpaired) electrons. The number of amides is 1. The molecule has 1 aliphatic heterocycles. The average molecular weight is 465 g/mol. The Hall–Kier alpha value is -2.22. The summed E-state index contributed by atoms with van der Waals surface area (Å²) in [7, 11) is 0. The van der Waals surface area contributed by atoms with Crippen LogP contribution in [0, 0.1) is 10.8 Å². The molecule has 0 N–H and O–H groups in total. The lowest BCUT2D eigenvalue weighted by Gasteiger charge is -2.39. The number of aromatic nitrogens is 1. The molecule has 1 amide bonds. The van der Waals surface area contributed by atoms with Gasteiger partial charge in [0, 0.05) is 23.2 Å². The Morgan fingerprint density at radius 3 is 2.69 bits per heavy atom. The van der Waals surface area contributed by atoms with Crippen LogP contribution in [0.4, 0.5) is 13.2 Å². The Morgan fingerprint density at radius 2 is 1.94 bits per heavy atom. The number of hydrogen-bond acceptors (Lipinski definition) is 4. The molecule has 0 unspecified atom stereocenters. The fraction of sp³-hybridized carbons (Fsp3) is 0.500. The van der Waals surface area contributed by atoms with Crippen LogP contribution >= 0.6 is 11.8 Å². The third kappa shape index (κ3) is 5.39. The zero-order valence-electron chi connectivity index (χ0n) is 18.4. The zero-order valence-corrected chi connectivity index (χ0v) is 19.2. The maximum Gasteiger partial charge on any atom is 0.573 e. The number of hydrogen-bond donors (Lipinski definition) is 0. The maximum atomic E-state index is 13.3. The van der Waals surface area contributed by atoms with E-state index in [-0.39, 0.29) is 28.5 Å². The molecule has 1 saturated carbocycles. The van der Waals surface area contributed by atoms with E-state index >= 15 is 0 Å². The van der Waals surface area contributed by atoms with E-state index in [9.17, 15) is 18.0 Å². The van der Waals surface area contributed by atoms with Gasteiger partial charge in [-0.05, 0) is 60.4 Å². The fourth-order valence-electron chi connectivity index (χ4n) is 5.44. The standard InChI is InChI=1S/C24H27F3N2O2S/c1-22(2)11-17-12-23(3,14-22)15-29(17)21(30)20-9-4-6-16(28-20)13-32-19-8-5-7-18(10-19)31-24(25,26)27/h4-10,17H,11-15H2,1-3H3/t17-,23-/m1/s1. The summed E-state index contributed by atoms with van der Waals surface area (Å²) in [5, 5.41) is 0. The molecule has 4 nitrogen and oxygen atoms in total. The number of carbonyl (C=O) groups is 1. The van der Waals surface area contributed by atoms with Crippen molar-refractivity contribution in [3.63, 3.8) is 0 Å². The second kappa shape index (κ2) is 8.28. The number of halogens is 3. The number of ether oxygens (including phenoxy) is 1. The quantitative estimate of drug-likeness (QED) is 0.486.